The van der Waals surface area contributed by atoms with E-state index >= 15 is 0 Å². The number of likely N-dealkylation sites (tertiary alicyclic amines) is 1. The Morgan fingerprint density at radius 2 is 2.04 bits per heavy atom. The van der Waals surface area contributed by atoms with Gasteiger partial charge in [0.2, 0.25) is 5.91 Å². The van der Waals surface area contributed by atoms with Crippen LogP contribution in [0.25, 0.3) is 0 Å². The molecule has 9 heteroatoms. The van der Waals surface area contributed by atoms with Crippen LogP contribution in [0.4, 0.5) is 13.2 Å². The highest BCUT2D eigenvalue weighted by Crippen LogP contribution is 2.37. The molecule has 6 nitrogen and oxygen atoms in total. The van der Waals surface area contributed by atoms with Crippen LogP contribution in [0.1, 0.15) is 17.7 Å². The lowest BCUT2D eigenvalue weighted by molar-refractivity contribution is -0.253. The molecule has 0 aliphatic carbocycles. The number of alkyl halides is 3. The fourth-order valence-corrected chi connectivity index (χ4v) is 3.15. The number of hydrogen-bond acceptors (Lipinski definition) is 4. The molecule has 0 radical (unpaired) electrons. The Morgan fingerprint density at radius 1 is 1.33 bits per heavy atom. The number of imidazole rings is 1. The zero-order valence-electron chi connectivity index (χ0n) is 14.6. The zero-order chi connectivity index (χ0) is 19.7. The second-order valence-electron chi connectivity index (χ2n) is 6.87. The Morgan fingerprint density at radius 3 is 2.67 bits per heavy atom. The molecule has 0 bridgehead atoms. The third kappa shape index (κ3) is 4.30. The van der Waals surface area contributed by atoms with Crippen LogP contribution in [0.3, 0.4) is 0 Å². The Balaban J connectivity index is 1.58. The number of benzene rings is 1. The standard InChI is InChI=1S/C18H21F3N4O2/c19-18(20,21)17(27)6-7-25(11-17)16(26)15(22)8-14-10-24(12-23-14)9-13-4-2-1-3-5-13/h1-5,10,12,15,27H,6-9,11,22H2/t15-,17?/m0/s1. The van der Waals surface area contributed by atoms with E-state index in [4.69, 9.17) is 5.73 Å². The maximum atomic E-state index is 12.9. The van der Waals surface area contributed by atoms with Gasteiger partial charge >= 0.3 is 6.18 Å². The Hall–Kier alpha value is -2.39. The molecule has 0 spiro atoms. The van der Waals surface area contributed by atoms with Crippen molar-refractivity contribution in [3.8, 4) is 0 Å². The minimum atomic E-state index is -4.78. The summed E-state index contributed by atoms with van der Waals surface area (Å²) in [6, 6.07) is 8.72. The summed E-state index contributed by atoms with van der Waals surface area (Å²) in [4.78, 5) is 17.5. The first kappa shape index (κ1) is 19.4. The fourth-order valence-electron chi connectivity index (χ4n) is 3.15. The number of hydrogen-bond donors (Lipinski definition) is 2. The van der Waals surface area contributed by atoms with Gasteiger partial charge in [0.1, 0.15) is 0 Å². The molecule has 146 valence electrons. The second-order valence-corrected chi connectivity index (χ2v) is 6.87. The smallest absolute Gasteiger partial charge is 0.379 e. The molecule has 2 heterocycles. The van der Waals surface area contributed by atoms with Gasteiger partial charge in [0.25, 0.3) is 0 Å². The van der Waals surface area contributed by atoms with Crippen molar-refractivity contribution in [2.45, 2.75) is 37.2 Å². The number of amides is 1. The van der Waals surface area contributed by atoms with E-state index in [9.17, 15) is 23.1 Å². The predicted octanol–water partition coefficient (Wildman–Crippen LogP) is 1.33. The van der Waals surface area contributed by atoms with Crippen molar-refractivity contribution < 1.29 is 23.1 Å². The van der Waals surface area contributed by atoms with Gasteiger partial charge < -0.3 is 20.3 Å². The minimum absolute atomic E-state index is 0.113. The summed E-state index contributed by atoms with van der Waals surface area (Å²) in [6.07, 6.45) is -1.82. The Kier molecular flexibility index (Phi) is 5.25. The van der Waals surface area contributed by atoms with Crippen molar-refractivity contribution in [3.63, 3.8) is 0 Å². The lowest BCUT2D eigenvalue weighted by Crippen LogP contribution is -2.50. The fraction of sp³-hybridized carbons (Fsp3) is 0.444. The van der Waals surface area contributed by atoms with Crippen LogP contribution in [0.15, 0.2) is 42.9 Å². The van der Waals surface area contributed by atoms with Crippen molar-refractivity contribution in [2.24, 2.45) is 5.73 Å². The van der Waals surface area contributed by atoms with Crippen LogP contribution in [0.2, 0.25) is 0 Å². The van der Waals surface area contributed by atoms with Crippen LogP contribution < -0.4 is 5.73 Å². The zero-order valence-corrected chi connectivity index (χ0v) is 14.6. The summed E-state index contributed by atoms with van der Waals surface area (Å²) in [5.41, 5.74) is 4.69. The lowest BCUT2D eigenvalue weighted by Gasteiger charge is -2.26. The first-order valence-corrected chi connectivity index (χ1v) is 8.56. The highest BCUT2D eigenvalue weighted by molar-refractivity contribution is 5.82. The van der Waals surface area contributed by atoms with Gasteiger partial charge in [-0.15, -0.1) is 0 Å². The van der Waals surface area contributed by atoms with Gasteiger partial charge in [0.15, 0.2) is 5.60 Å². The Bertz CT molecular complexity index is 793. The number of β-amino-alcohol motifs (C(OH)–C–C–N with tert-alkyl or cyclic N) is 1. The quantitative estimate of drug-likeness (QED) is 0.817. The molecule has 1 aromatic carbocycles. The average Bonchev–Trinajstić information content (AvgIpc) is 3.22. The van der Waals surface area contributed by atoms with E-state index in [1.807, 2.05) is 34.9 Å². The summed E-state index contributed by atoms with van der Waals surface area (Å²) in [7, 11) is 0. The molecule has 1 unspecified atom stereocenters. The number of carbonyl (C=O) groups excluding carboxylic acids is 1. The molecule has 2 atom stereocenters. The van der Waals surface area contributed by atoms with Crippen LogP contribution in [0, 0.1) is 0 Å². The molecule has 1 fully saturated rings. The molecule has 1 aliphatic rings. The molecule has 27 heavy (non-hydrogen) atoms. The number of aromatic nitrogens is 2. The van der Waals surface area contributed by atoms with Crippen molar-refractivity contribution >= 4 is 5.91 Å². The largest absolute Gasteiger partial charge is 0.419 e. The molecule has 1 aliphatic heterocycles. The van der Waals surface area contributed by atoms with E-state index in [0.717, 1.165) is 10.5 Å². The van der Waals surface area contributed by atoms with Crippen LogP contribution in [-0.4, -0.2) is 56.4 Å². The molecule has 1 saturated heterocycles. The van der Waals surface area contributed by atoms with Crippen molar-refractivity contribution in [1.29, 1.82) is 0 Å². The number of nitrogens with zero attached hydrogens (tertiary/aromatic N) is 3. The van der Waals surface area contributed by atoms with Gasteiger partial charge in [-0.25, -0.2) is 4.98 Å². The molecule has 2 aromatic rings. The van der Waals surface area contributed by atoms with Gasteiger partial charge in [0.05, 0.1) is 24.6 Å². The van der Waals surface area contributed by atoms with Gasteiger partial charge in [-0.2, -0.15) is 13.2 Å². The highest BCUT2D eigenvalue weighted by Gasteiger charge is 2.58. The van der Waals surface area contributed by atoms with Crippen molar-refractivity contribution in [1.82, 2.24) is 14.5 Å². The van der Waals surface area contributed by atoms with E-state index in [2.05, 4.69) is 4.98 Å². The van der Waals surface area contributed by atoms with Crippen LogP contribution >= 0.6 is 0 Å². The summed E-state index contributed by atoms with van der Waals surface area (Å²) in [6.45, 7) is -0.349. The number of rotatable bonds is 5. The molecule has 3 N–H and O–H groups in total. The third-order valence-electron chi connectivity index (χ3n) is 4.73. The maximum Gasteiger partial charge on any atom is 0.419 e. The number of halogens is 3. The van der Waals surface area contributed by atoms with Gasteiger partial charge in [-0.1, -0.05) is 30.3 Å². The summed E-state index contributed by atoms with van der Waals surface area (Å²) in [5.74, 6) is -0.618. The van der Waals surface area contributed by atoms with E-state index in [1.54, 1.807) is 12.5 Å². The number of carbonyl (C=O) groups is 1. The Labute approximate surface area is 154 Å². The van der Waals surface area contributed by atoms with Gasteiger partial charge in [-0.05, 0) is 5.56 Å². The molecule has 1 amide bonds. The van der Waals surface area contributed by atoms with Crippen LogP contribution in [0.5, 0.6) is 0 Å². The van der Waals surface area contributed by atoms with E-state index in [0.29, 0.717) is 12.2 Å². The first-order valence-electron chi connectivity index (χ1n) is 8.56. The van der Waals surface area contributed by atoms with E-state index in [-0.39, 0.29) is 13.0 Å². The van der Waals surface area contributed by atoms with Gasteiger partial charge in [0, 0.05) is 32.1 Å². The average molecular weight is 382 g/mol. The predicted molar refractivity (Wildman–Crippen MR) is 91.7 cm³/mol. The minimum Gasteiger partial charge on any atom is -0.379 e. The summed E-state index contributed by atoms with van der Waals surface area (Å²) in [5, 5.41) is 9.69. The maximum absolute atomic E-state index is 12.9. The molecular formula is C18H21F3N4O2. The summed E-state index contributed by atoms with van der Waals surface area (Å²) >= 11 is 0. The summed E-state index contributed by atoms with van der Waals surface area (Å²) < 4.78 is 40.5. The van der Waals surface area contributed by atoms with Crippen molar-refractivity contribution in [3.05, 3.63) is 54.1 Å². The number of nitrogens with two attached hydrogens (primary N) is 1. The molecule has 1 aromatic heterocycles. The van der Waals surface area contributed by atoms with E-state index in [1.165, 1.54) is 0 Å². The second kappa shape index (κ2) is 7.32. The van der Waals surface area contributed by atoms with Gasteiger partial charge in [-0.3, -0.25) is 4.79 Å². The lowest BCUT2D eigenvalue weighted by atomic mass is 10.0. The molecule has 0 saturated carbocycles. The first-order chi connectivity index (χ1) is 12.7. The molecule has 3 rings (SSSR count). The monoisotopic (exact) mass is 382 g/mol. The molecular weight excluding hydrogens is 361 g/mol. The van der Waals surface area contributed by atoms with Crippen LogP contribution in [-0.2, 0) is 17.8 Å². The normalized spacial score (nSPS) is 21.4. The topological polar surface area (TPSA) is 84.4 Å². The third-order valence-corrected chi connectivity index (χ3v) is 4.73. The van der Waals surface area contributed by atoms with Crippen molar-refractivity contribution in [2.75, 3.05) is 13.1 Å². The number of aliphatic hydroxyl groups is 1. The SMILES string of the molecule is N[C@@H](Cc1cn(Cc2ccccc2)cn1)C(=O)N1CCC(O)(C(F)(F)F)C1. The highest BCUT2D eigenvalue weighted by atomic mass is 19.4. The van der Waals surface area contributed by atoms with E-state index < -0.39 is 36.7 Å².